The van der Waals surface area contributed by atoms with Gasteiger partial charge in [0.05, 0.1) is 17.6 Å². The van der Waals surface area contributed by atoms with Gasteiger partial charge in [0.1, 0.15) is 5.82 Å². The van der Waals surface area contributed by atoms with Crippen LogP contribution in [0.4, 0.5) is 4.39 Å². The first kappa shape index (κ1) is 19.4. The van der Waals surface area contributed by atoms with Gasteiger partial charge in [-0.2, -0.15) is 0 Å². The lowest BCUT2D eigenvalue weighted by Crippen LogP contribution is -2.41. The molecule has 3 rings (SSSR count). The van der Waals surface area contributed by atoms with Crippen LogP contribution in [0.1, 0.15) is 53.0 Å². The van der Waals surface area contributed by atoms with E-state index in [1.165, 1.54) is 6.07 Å². The minimum absolute atomic E-state index is 0.0125. The maximum Gasteiger partial charge on any atom is 0.494 e. The van der Waals surface area contributed by atoms with Crippen LogP contribution in [0.15, 0.2) is 18.2 Å². The average molecular weight is 361 g/mol. The minimum Gasteiger partial charge on any atom is -0.399 e. The van der Waals surface area contributed by atoms with Gasteiger partial charge in [-0.15, -0.1) is 0 Å². The largest absolute Gasteiger partial charge is 0.494 e. The Hall–Kier alpha value is -1.40. The lowest BCUT2D eigenvalue weighted by Gasteiger charge is -2.32. The van der Waals surface area contributed by atoms with Crippen molar-refractivity contribution in [1.82, 2.24) is 4.90 Å². The molecule has 2 heterocycles. The van der Waals surface area contributed by atoms with E-state index in [-0.39, 0.29) is 18.1 Å². The molecular formula is C20H29BFNO3. The van der Waals surface area contributed by atoms with Crippen molar-refractivity contribution in [2.24, 2.45) is 5.92 Å². The second-order valence-corrected chi connectivity index (χ2v) is 8.70. The molecule has 0 radical (unpaired) electrons. The molecule has 0 spiro atoms. The third-order valence-electron chi connectivity index (χ3n) is 5.95. The summed E-state index contributed by atoms with van der Waals surface area (Å²) in [6, 6.07) is 4.79. The number of halogens is 1. The highest BCUT2D eigenvalue weighted by Gasteiger charge is 2.51. The molecule has 26 heavy (non-hydrogen) atoms. The Kier molecular flexibility index (Phi) is 5.19. The number of likely N-dealkylation sites (tertiary alicyclic amines) is 1. The van der Waals surface area contributed by atoms with Gasteiger partial charge in [0, 0.05) is 13.1 Å². The zero-order valence-corrected chi connectivity index (χ0v) is 16.5. The number of hydrogen-bond acceptors (Lipinski definition) is 3. The highest BCUT2D eigenvalue weighted by molar-refractivity contribution is 6.62. The first-order valence-corrected chi connectivity index (χ1v) is 9.51. The van der Waals surface area contributed by atoms with Gasteiger partial charge in [-0.25, -0.2) is 4.39 Å². The topological polar surface area (TPSA) is 38.8 Å². The Balaban J connectivity index is 1.75. The van der Waals surface area contributed by atoms with Gasteiger partial charge < -0.3 is 14.2 Å². The Morgan fingerprint density at radius 2 is 1.92 bits per heavy atom. The highest BCUT2D eigenvalue weighted by atomic mass is 19.1. The first-order chi connectivity index (χ1) is 12.1. The normalized spacial score (nSPS) is 24.8. The minimum atomic E-state index is -0.551. The number of hydrogen-bond donors (Lipinski definition) is 0. The van der Waals surface area contributed by atoms with Crippen molar-refractivity contribution in [3.8, 4) is 0 Å². The summed E-state index contributed by atoms with van der Waals surface area (Å²) in [5.74, 6) is 0.138. The summed E-state index contributed by atoms with van der Waals surface area (Å²) >= 11 is 0. The molecule has 1 unspecified atom stereocenters. The van der Waals surface area contributed by atoms with Gasteiger partial charge in [-0.05, 0) is 63.5 Å². The van der Waals surface area contributed by atoms with Gasteiger partial charge in [0.25, 0.3) is 0 Å². The summed E-state index contributed by atoms with van der Waals surface area (Å²) in [5, 5.41) is 0. The fourth-order valence-electron chi connectivity index (χ4n) is 3.55. The van der Waals surface area contributed by atoms with E-state index in [0.717, 1.165) is 31.4 Å². The number of amides is 1. The summed E-state index contributed by atoms with van der Waals surface area (Å²) in [7, 11) is -0.551. The van der Waals surface area contributed by atoms with Gasteiger partial charge in [-0.1, -0.05) is 19.1 Å². The predicted molar refractivity (Wildman–Crippen MR) is 101 cm³/mol. The predicted octanol–water partition coefficient (Wildman–Crippen LogP) is 2.93. The van der Waals surface area contributed by atoms with Crippen molar-refractivity contribution in [2.45, 2.75) is 65.1 Å². The van der Waals surface area contributed by atoms with Crippen molar-refractivity contribution in [1.29, 1.82) is 0 Å². The SMILES string of the molecule is CC1CCCN(C(=O)Cc2cc(B3OC(C)(C)C(C)(C)O3)ccc2F)C1. The molecule has 2 aliphatic rings. The van der Waals surface area contributed by atoms with Crippen molar-refractivity contribution in [3.63, 3.8) is 0 Å². The van der Waals surface area contributed by atoms with E-state index in [9.17, 15) is 9.18 Å². The number of carbonyl (C=O) groups excluding carboxylic acids is 1. The van der Waals surface area contributed by atoms with E-state index in [4.69, 9.17) is 9.31 Å². The van der Waals surface area contributed by atoms with Gasteiger partial charge in [0.2, 0.25) is 5.91 Å². The average Bonchev–Trinajstić information content (AvgIpc) is 2.77. The van der Waals surface area contributed by atoms with Crippen LogP contribution in [-0.2, 0) is 20.5 Å². The van der Waals surface area contributed by atoms with Crippen molar-refractivity contribution < 1.29 is 18.5 Å². The molecule has 1 aromatic carbocycles. The molecule has 0 saturated carbocycles. The maximum absolute atomic E-state index is 14.3. The lowest BCUT2D eigenvalue weighted by molar-refractivity contribution is -0.132. The van der Waals surface area contributed by atoms with Gasteiger partial charge in [-0.3, -0.25) is 4.79 Å². The monoisotopic (exact) mass is 361 g/mol. The molecule has 1 amide bonds. The fourth-order valence-corrected chi connectivity index (χ4v) is 3.55. The lowest BCUT2D eigenvalue weighted by atomic mass is 9.78. The van der Waals surface area contributed by atoms with E-state index < -0.39 is 18.3 Å². The zero-order chi connectivity index (χ0) is 19.1. The molecule has 0 aliphatic carbocycles. The number of benzene rings is 1. The molecule has 1 atom stereocenters. The van der Waals surface area contributed by atoms with Crippen LogP contribution in [0.25, 0.3) is 0 Å². The second-order valence-electron chi connectivity index (χ2n) is 8.70. The smallest absolute Gasteiger partial charge is 0.399 e. The summed E-state index contributed by atoms with van der Waals surface area (Å²) in [6.07, 6.45) is 2.24. The molecule has 6 heteroatoms. The van der Waals surface area contributed by atoms with Crippen LogP contribution < -0.4 is 5.46 Å². The van der Waals surface area contributed by atoms with Gasteiger partial charge in [0.15, 0.2) is 0 Å². The van der Waals surface area contributed by atoms with Crippen LogP contribution in [0, 0.1) is 11.7 Å². The molecule has 0 aromatic heterocycles. The van der Waals surface area contributed by atoms with E-state index in [1.54, 1.807) is 12.1 Å². The van der Waals surface area contributed by atoms with E-state index in [0.29, 0.717) is 11.5 Å². The summed E-state index contributed by atoms with van der Waals surface area (Å²) in [6.45, 7) is 11.6. The van der Waals surface area contributed by atoms with E-state index in [2.05, 4.69) is 6.92 Å². The van der Waals surface area contributed by atoms with Crippen LogP contribution in [0.3, 0.4) is 0 Å². The third-order valence-corrected chi connectivity index (χ3v) is 5.95. The summed E-state index contributed by atoms with van der Waals surface area (Å²) in [5.41, 5.74) is 0.248. The summed E-state index contributed by atoms with van der Waals surface area (Å²) in [4.78, 5) is 14.5. The third kappa shape index (κ3) is 3.81. The highest BCUT2D eigenvalue weighted by Crippen LogP contribution is 2.36. The van der Waals surface area contributed by atoms with Crippen molar-refractivity contribution in [3.05, 3.63) is 29.6 Å². The van der Waals surface area contributed by atoms with Crippen molar-refractivity contribution in [2.75, 3.05) is 13.1 Å². The Morgan fingerprint density at radius 1 is 1.27 bits per heavy atom. The van der Waals surface area contributed by atoms with Crippen LogP contribution in [-0.4, -0.2) is 42.2 Å². The van der Waals surface area contributed by atoms with Crippen LogP contribution in [0.5, 0.6) is 0 Å². The standard InChI is InChI=1S/C20H29BFNO3/c1-14-7-6-10-23(13-14)18(24)12-15-11-16(8-9-17(15)22)21-25-19(2,3)20(4,5)26-21/h8-9,11,14H,6-7,10,12-13H2,1-5H3. The molecule has 1 aromatic rings. The van der Waals surface area contributed by atoms with Crippen LogP contribution >= 0.6 is 0 Å². The Labute approximate surface area is 156 Å². The van der Waals surface area contributed by atoms with E-state index >= 15 is 0 Å². The first-order valence-electron chi connectivity index (χ1n) is 9.51. The van der Waals surface area contributed by atoms with Crippen LogP contribution in [0.2, 0.25) is 0 Å². The number of nitrogens with zero attached hydrogens (tertiary/aromatic N) is 1. The number of carbonyl (C=O) groups is 1. The molecular weight excluding hydrogens is 332 g/mol. The Bertz CT molecular complexity index is 676. The second kappa shape index (κ2) is 6.97. The van der Waals surface area contributed by atoms with E-state index in [1.807, 2.05) is 32.6 Å². The van der Waals surface area contributed by atoms with Gasteiger partial charge >= 0.3 is 7.12 Å². The molecule has 0 N–H and O–H groups in total. The molecule has 0 bridgehead atoms. The zero-order valence-electron chi connectivity index (χ0n) is 16.5. The molecule has 4 nitrogen and oxygen atoms in total. The van der Waals surface area contributed by atoms with Crippen molar-refractivity contribution >= 4 is 18.5 Å². The molecule has 2 saturated heterocycles. The summed E-state index contributed by atoms with van der Waals surface area (Å²) < 4.78 is 26.4. The number of piperidine rings is 1. The molecule has 142 valence electrons. The Morgan fingerprint density at radius 3 is 2.54 bits per heavy atom. The molecule has 2 aliphatic heterocycles. The maximum atomic E-state index is 14.3. The quantitative estimate of drug-likeness (QED) is 0.777. The fraction of sp³-hybridized carbons (Fsp3) is 0.650. The number of rotatable bonds is 3. The molecule has 2 fully saturated rings.